The van der Waals surface area contributed by atoms with E-state index in [-0.39, 0.29) is 5.91 Å². The number of hydrogen-bond acceptors (Lipinski definition) is 6. The van der Waals surface area contributed by atoms with Crippen molar-refractivity contribution < 1.29 is 4.79 Å². The average molecular weight is 344 g/mol. The lowest BCUT2D eigenvalue weighted by molar-refractivity contribution is -0.132. The predicted molar refractivity (Wildman–Crippen MR) is 93.6 cm³/mol. The van der Waals surface area contributed by atoms with Crippen LogP contribution in [0.25, 0.3) is 10.2 Å². The van der Waals surface area contributed by atoms with E-state index < -0.39 is 0 Å². The second-order valence-corrected chi connectivity index (χ2v) is 7.70. The molecule has 0 spiro atoms. The minimum absolute atomic E-state index is 0.223. The van der Waals surface area contributed by atoms with Gasteiger partial charge in [0.05, 0.1) is 11.9 Å². The third kappa shape index (κ3) is 2.70. The van der Waals surface area contributed by atoms with Crippen LogP contribution in [0, 0.1) is 0 Å². The van der Waals surface area contributed by atoms with Crippen LogP contribution in [0.4, 0.5) is 5.82 Å². The third-order valence-corrected chi connectivity index (χ3v) is 6.25. The molecule has 23 heavy (non-hydrogen) atoms. The van der Waals surface area contributed by atoms with Gasteiger partial charge in [0, 0.05) is 22.7 Å². The van der Waals surface area contributed by atoms with E-state index in [2.05, 4.69) is 21.4 Å². The minimum atomic E-state index is 0.223. The first-order valence-electron chi connectivity index (χ1n) is 7.53. The lowest BCUT2D eigenvalue weighted by atomic mass is 10.0. The van der Waals surface area contributed by atoms with Gasteiger partial charge in [0.15, 0.2) is 0 Å². The molecule has 1 aliphatic heterocycles. The summed E-state index contributed by atoms with van der Waals surface area (Å²) in [5.41, 5.74) is 7.22. The Morgan fingerprint density at radius 3 is 3.13 bits per heavy atom. The van der Waals surface area contributed by atoms with E-state index in [1.54, 1.807) is 22.7 Å². The van der Waals surface area contributed by atoms with Crippen molar-refractivity contribution in [1.29, 1.82) is 0 Å². The molecule has 0 atom stereocenters. The normalized spacial score (nSPS) is 14.2. The highest BCUT2D eigenvalue weighted by molar-refractivity contribution is 7.19. The number of nitrogen functional groups attached to an aromatic ring is 1. The molecule has 4 heterocycles. The van der Waals surface area contributed by atoms with E-state index in [1.165, 1.54) is 21.6 Å². The molecule has 1 amide bonds. The number of anilines is 1. The third-order valence-electron chi connectivity index (χ3n) is 4.18. The number of nitrogens with zero attached hydrogens (tertiary/aromatic N) is 3. The van der Waals surface area contributed by atoms with Gasteiger partial charge in [-0.05, 0) is 29.9 Å². The van der Waals surface area contributed by atoms with E-state index in [0.29, 0.717) is 18.8 Å². The summed E-state index contributed by atoms with van der Waals surface area (Å²) in [6, 6.07) is 4.11. The highest BCUT2D eigenvalue weighted by Gasteiger charge is 2.25. The van der Waals surface area contributed by atoms with Crippen molar-refractivity contribution in [2.24, 2.45) is 0 Å². The summed E-state index contributed by atoms with van der Waals surface area (Å²) in [5.74, 6) is 0.769. The van der Waals surface area contributed by atoms with Crippen LogP contribution >= 0.6 is 22.7 Å². The molecule has 7 heteroatoms. The molecule has 0 fully saturated rings. The molecule has 3 aromatic rings. The molecule has 0 saturated carbocycles. The van der Waals surface area contributed by atoms with Gasteiger partial charge in [-0.3, -0.25) is 4.79 Å². The highest BCUT2D eigenvalue weighted by atomic mass is 32.1. The number of fused-ring (bicyclic) bond motifs is 3. The summed E-state index contributed by atoms with van der Waals surface area (Å²) in [6.45, 7) is 1.41. The predicted octanol–water partition coefficient (Wildman–Crippen LogP) is 2.85. The van der Waals surface area contributed by atoms with Crippen molar-refractivity contribution in [3.05, 3.63) is 39.2 Å². The van der Waals surface area contributed by atoms with Gasteiger partial charge in [-0.1, -0.05) is 6.07 Å². The molecule has 0 radical (unpaired) electrons. The summed E-state index contributed by atoms with van der Waals surface area (Å²) in [4.78, 5) is 26.2. The molecule has 0 unspecified atom stereocenters. The Kier molecular flexibility index (Phi) is 3.74. The van der Waals surface area contributed by atoms with Crippen LogP contribution in [0.5, 0.6) is 0 Å². The summed E-state index contributed by atoms with van der Waals surface area (Å²) < 4.78 is 0. The molecule has 3 aromatic heterocycles. The molecule has 0 saturated heterocycles. The number of amides is 1. The molecular weight excluding hydrogens is 328 g/mol. The van der Waals surface area contributed by atoms with Crippen LogP contribution in [-0.2, 0) is 24.2 Å². The maximum atomic E-state index is 12.5. The van der Waals surface area contributed by atoms with Crippen molar-refractivity contribution in [2.75, 3.05) is 12.3 Å². The van der Waals surface area contributed by atoms with Gasteiger partial charge in [-0.15, -0.1) is 22.7 Å². The summed E-state index contributed by atoms with van der Waals surface area (Å²) in [5, 5.41) is 3.04. The van der Waals surface area contributed by atoms with E-state index in [0.717, 1.165) is 29.6 Å². The van der Waals surface area contributed by atoms with Gasteiger partial charge in [0.25, 0.3) is 0 Å². The van der Waals surface area contributed by atoms with Crippen LogP contribution in [0.3, 0.4) is 0 Å². The van der Waals surface area contributed by atoms with E-state index >= 15 is 0 Å². The highest BCUT2D eigenvalue weighted by Crippen LogP contribution is 2.36. The molecule has 0 bridgehead atoms. The second-order valence-electron chi connectivity index (χ2n) is 5.59. The first-order chi connectivity index (χ1) is 11.2. The summed E-state index contributed by atoms with van der Waals surface area (Å²) in [7, 11) is 0. The fraction of sp³-hybridized carbons (Fsp3) is 0.312. The zero-order valence-corrected chi connectivity index (χ0v) is 14.1. The number of carbonyl (C=O) groups excluding carboxylic acids is 1. The second kappa shape index (κ2) is 5.90. The van der Waals surface area contributed by atoms with Crippen molar-refractivity contribution in [3.63, 3.8) is 0 Å². The average Bonchev–Trinajstić information content (AvgIpc) is 3.19. The van der Waals surface area contributed by atoms with Crippen LogP contribution < -0.4 is 5.73 Å². The zero-order valence-electron chi connectivity index (χ0n) is 12.5. The van der Waals surface area contributed by atoms with Crippen LogP contribution in [0.1, 0.15) is 21.7 Å². The number of aryl methyl sites for hydroxylation is 1. The van der Waals surface area contributed by atoms with E-state index in [9.17, 15) is 4.79 Å². The number of aromatic nitrogens is 2. The van der Waals surface area contributed by atoms with Gasteiger partial charge in [0.2, 0.25) is 5.91 Å². The van der Waals surface area contributed by atoms with Gasteiger partial charge >= 0.3 is 0 Å². The lowest BCUT2D eigenvalue weighted by Gasteiger charge is -2.27. The van der Waals surface area contributed by atoms with Gasteiger partial charge in [0.1, 0.15) is 17.0 Å². The SMILES string of the molecule is Nc1ncnc2sc3c(c12)CCN(C(=O)CCc1cccs1)C3. The number of carbonyl (C=O) groups is 1. The Balaban J connectivity index is 1.51. The molecule has 4 rings (SSSR count). The maximum Gasteiger partial charge on any atom is 0.223 e. The van der Waals surface area contributed by atoms with Gasteiger partial charge in [-0.2, -0.15) is 0 Å². The van der Waals surface area contributed by atoms with Gasteiger partial charge in [-0.25, -0.2) is 9.97 Å². The number of nitrogens with two attached hydrogens (primary N) is 1. The molecule has 5 nitrogen and oxygen atoms in total. The number of rotatable bonds is 3. The largest absolute Gasteiger partial charge is 0.383 e. The minimum Gasteiger partial charge on any atom is -0.383 e. The first-order valence-corrected chi connectivity index (χ1v) is 9.23. The van der Waals surface area contributed by atoms with Crippen LogP contribution in [0.15, 0.2) is 23.8 Å². The smallest absolute Gasteiger partial charge is 0.223 e. The molecule has 0 aliphatic carbocycles. The topological polar surface area (TPSA) is 72.1 Å². The zero-order chi connectivity index (χ0) is 15.8. The maximum absolute atomic E-state index is 12.5. The van der Waals surface area contributed by atoms with Crippen molar-refractivity contribution >= 4 is 44.6 Å². The van der Waals surface area contributed by atoms with Crippen molar-refractivity contribution in [3.8, 4) is 0 Å². The van der Waals surface area contributed by atoms with Crippen LogP contribution in [-0.4, -0.2) is 27.3 Å². The quantitative estimate of drug-likeness (QED) is 0.793. The number of thiophene rings is 2. The fourth-order valence-electron chi connectivity index (χ4n) is 3.01. The standard InChI is InChI=1S/C16H16N4OS2/c17-15-14-11-5-6-20(8-12(11)23-16(14)19-9-18-15)13(21)4-3-10-2-1-7-22-10/h1-2,7,9H,3-6,8H2,(H2,17,18,19). The Morgan fingerprint density at radius 1 is 1.39 bits per heavy atom. The number of hydrogen-bond donors (Lipinski definition) is 1. The van der Waals surface area contributed by atoms with Crippen LogP contribution in [0.2, 0.25) is 0 Å². The van der Waals surface area contributed by atoms with E-state index in [4.69, 9.17) is 5.73 Å². The molecule has 2 N–H and O–H groups in total. The molecule has 118 valence electrons. The Hall–Kier alpha value is -1.99. The van der Waals surface area contributed by atoms with Crippen molar-refractivity contribution in [2.45, 2.75) is 25.8 Å². The Morgan fingerprint density at radius 2 is 2.30 bits per heavy atom. The lowest BCUT2D eigenvalue weighted by Crippen LogP contribution is -2.35. The van der Waals surface area contributed by atoms with Crippen molar-refractivity contribution in [1.82, 2.24) is 14.9 Å². The van der Waals surface area contributed by atoms with Gasteiger partial charge < -0.3 is 10.6 Å². The molecular formula is C16H16N4OS2. The Bertz CT molecular complexity index is 856. The monoisotopic (exact) mass is 344 g/mol. The fourth-order valence-corrected chi connectivity index (χ4v) is 4.93. The first kappa shape index (κ1) is 14.6. The van der Waals surface area contributed by atoms with E-state index in [1.807, 2.05) is 11.0 Å². The molecule has 1 aliphatic rings. The summed E-state index contributed by atoms with van der Waals surface area (Å²) in [6.07, 6.45) is 3.73. The Labute approximate surface area is 141 Å². The molecule has 0 aromatic carbocycles. The summed E-state index contributed by atoms with van der Waals surface area (Å²) >= 11 is 3.33.